The summed E-state index contributed by atoms with van der Waals surface area (Å²) in [5.41, 5.74) is 1.06. The number of ether oxygens (including phenoxy) is 3. The monoisotopic (exact) mass is 335 g/mol. The molecule has 1 atom stereocenters. The van der Waals surface area contributed by atoms with Crippen LogP contribution in [0.2, 0.25) is 0 Å². The molecular formula is C18H29N3O3. The first-order valence-electron chi connectivity index (χ1n) is 8.42. The molecule has 0 spiro atoms. The van der Waals surface area contributed by atoms with Gasteiger partial charge in [0.2, 0.25) is 0 Å². The highest BCUT2D eigenvalue weighted by molar-refractivity contribution is 5.80. The van der Waals surface area contributed by atoms with Crippen LogP contribution in [0.5, 0.6) is 5.75 Å². The number of nitrogens with one attached hydrogen (secondary N) is 1. The number of para-hydroxylation sites is 1. The number of benzene rings is 1. The van der Waals surface area contributed by atoms with Gasteiger partial charge in [-0.3, -0.25) is 4.99 Å². The van der Waals surface area contributed by atoms with Crippen LogP contribution in [-0.4, -0.2) is 65.0 Å². The van der Waals surface area contributed by atoms with Crippen LogP contribution in [-0.2, 0) is 16.1 Å². The Morgan fingerprint density at radius 2 is 2.17 bits per heavy atom. The highest BCUT2D eigenvalue weighted by Gasteiger charge is 2.24. The molecule has 1 aromatic rings. The first kappa shape index (κ1) is 18.5. The number of guanidine groups is 1. The first-order valence-corrected chi connectivity index (χ1v) is 8.42. The Bertz CT molecular complexity index is 522. The maximum Gasteiger partial charge on any atom is 0.193 e. The van der Waals surface area contributed by atoms with E-state index in [9.17, 15) is 0 Å². The van der Waals surface area contributed by atoms with Gasteiger partial charge in [-0.25, -0.2) is 0 Å². The van der Waals surface area contributed by atoms with Crippen molar-refractivity contribution in [2.75, 3.05) is 54.1 Å². The van der Waals surface area contributed by atoms with Crippen molar-refractivity contribution in [2.24, 2.45) is 10.9 Å². The van der Waals surface area contributed by atoms with Crippen LogP contribution >= 0.6 is 0 Å². The Morgan fingerprint density at radius 1 is 1.33 bits per heavy atom. The van der Waals surface area contributed by atoms with Crippen LogP contribution in [0.3, 0.4) is 0 Å². The predicted octanol–water partition coefficient (Wildman–Crippen LogP) is 1.76. The molecule has 1 aliphatic heterocycles. The lowest BCUT2D eigenvalue weighted by Gasteiger charge is -2.21. The first-order chi connectivity index (χ1) is 11.8. The molecule has 1 N–H and O–H groups in total. The van der Waals surface area contributed by atoms with Crippen molar-refractivity contribution in [3.63, 3.8) is 0 Å². The number of likely N-dealkylation sites (tertiary alicyclic amines) is 1. The van der Waals surface area contributed by atoms with E-state index in [0.717, 1.165) is 49.9 Å². The van der Waals surface area contributed by atoms with Gasteiger partial charge >= 0.3 is 0 Å². The van der Waals surface area contributed by atoms with Gasteiger partial charge < -0.3 is 24.4 Å². The van der Waals surface area contributed by atoms with Crippen LogP contribution in [0.15, 0.2) is 29.3 Å². The number of rotatable bonds is 8. The zero-order valence-electron chi connectivity index (χ0n) is 15.0. The SMILES string of the molecule is CN=C(NCCOCc1ccccc1OC)N1CCC(COC)C1. The molecule has 0 amide bonds. The average Bonchev–Trinajstić information content (AvgIpc) is 3.07. The molecule has 0 aromatic heterocycles. The second-order valence-electron chi connectivity index (χ2n) is 5.89. The standard InChI is InChI=1S/C18H29N3O3/c1-19-18(21-10-8-15(12-21)13-22-2)20-9-11-24-14-16-6-4-5-7-17(16)23-3/h4-7,15H,8-14H2,1-3H3,(H,19,20). The van der Waals surface area contributed by atoms with Crippen molar-refractivity contribution < 1.29 is 14.2 Å². The van der Waals surface area contributed by atoms with Crippen molar-refractivity contribution >= 4 is 5.96 Å². The molecule has 1 aromatic carbocycles. The summed E-state index contributed by atoms with van der Waals surface area (Å²) in [6, 6.07) is 7.92. The van der Waals surface area contributed by atoms with Gasteiger partial charge in [0, 0.05) is 45.3 Å². The van der Waals surface area contributed by atoms with Gasteiger partial charge in [-0.1, -0.05) is 18.2 Å². The summed E-state index contributed by atoms with van der Waals surface area (Å²) in [6.07, 6.45) is 1.15. The van der Waals surface area contributed by atoms with Crippen LogP contribution < -0.4 is 10.1 Å². The van der Waals surface area contributed by atoms with Crippen molar-refractivity contribution in [3.05, 3.63) is 29.8 Å². The quantitative estimate of drug-likeness (QED) is 0.446. The van der Waals surface area contributed by atoms with E-state index in [2.05, 4.69) is 15.2 Å². The average molecular weight is 335 g/mol. The maximum absolute atomic E-state index is 5.74. The Kier molecular flexibility index (Phi) is 7.85. The highest BCUT2D eigenvalue weighted by Crippen LogP contribution is 2.18. The molecule has 134 valence electrons. The fraction of sp³-hybridized carbons (Fsp3) is 0.611. The van der Waals surface area contributed by atoms with E-state index in [1.807, 2.05) is 31.3 Å². The molecule has 1 saturated heterocycles. The summed E-state index contributed by atoms with van der Waals surface area (Å²) in [5, 5.41) is 3.37. The number of nitrogens with zero attached hydrogens (tertiary/aromatic N) is 2. The smallest absolute Gasteiger partial charge is 0.193 e. The van der Waals surface area contributed by atoms with Gasteiger partial charge in [0.15, 0.2) is 5.96 Å². The third-order valence-corrected chi connectivity index (χ3v) is 4.18. The lowest BCUT2D eigenvalue weighted by atomic mass is 10.1. The maximum atomic E-state index is 5.74. The van der Waals surface area contributed by atoms with E-state index >= 15 is 0 Å². The zero-order chi connectivity index (χ0) is 17.2. The van der Waals surface area contributed by atoms with Crippen molar-refractivity contribution in [1.82, 2.24) is 10.2 Å². The minimum absolute atomic E-state index is 0.546. The molecule has 6 nitrogen and oxygen atoms in total. The summed E-state index contributed by atoms with van der Waals surface area (Å²) >= 11 is 0. The van der Waals surface area contributed by atoms with Crippen LogP contribution in [0.1, 0.15) is 12.0 Å². The normalized spacial score (nSPS) is 18.0. The summed E-state index contributed by atoms with van der Waals surface area (Å²) in [7, 11) is 5.26. The summed E-state index contributed by atoms with van der Waals surface area (Å²) in [4.78, 5) is 6.64. The largest absolute Gasteiger partial charge is 0.496 e. The molecule has 1 fully saturated rings. The molecule has 0 bridgehead atoms. The number of hydrogen-bond donors (Lipinski definition) is 1. The minimum Gasteiger partial charge on any atom is -0.496 e. The van der Waals surface area contributed by atoms with Gasteiger partial charge in [0.25, 0.3) is 0 Å². The molecule has 1 heterocycles. The molecule has 0 radical (unpaired) electrons. The van der Waals surface area contributed by atoms with Crippen molar-refractivity contribution in [1.29, 1.82) is 0 Å². The van der Waals surface area contributed by atoms with Gasteiger partial charge in [-0.15, -0.1) is 0 Å². The van der Waals surface area contributed by atoms with E-state index in [4.69, 9.17) is 14.2 Å². The minimum atomic E-state index is 0.546. The van der Waals surface area contributed by atoms with Gasteiger partial charge in [-0.2, -0.15) is 0 Å². The Hall–Kier alpha value is -1.79. The molecule has 2 rings (SSSR count). The number of methoxy groups -OCH3 is 2. The van der Waals surface area contributed by atoms with E-state index < -0.39 is 0 Å². The van der Waals surface area contributed by atoms with Crippen LogP contribution in [0.25, 0.3) is 0 Å². The van der Waals surface area contributed by atoms with Gasteiger partial charge in [0.1, 0.15) is 5.75 Å². The number of hydrogen-bond acceptors (Lipinski definition) is 4. The Balaban J connectivity index is 1.67. The van der Waals surface area contributed by atoms with E-state index in [0.29, 0.717) is 19.1 Å². The zero-order valence-corrected chi connectivity index (χ0v) is 15.0. The summed E-state index contributed by atoms with van der Waals surface area (Å²) in [6.45, 7) is 4.73. The molecule has 0 saturated carbocycles. The summed E-state index contributed by atoms with van der Waals surface area (Å²) < 4.78 is 16.3. The molecular weight excluding hydrogens is 306 g/mol. The van der Waals surface area contributed by atoms with Crippen LogP contribution in [0, 0.1) is 5.92 Å². The second-order valence-corrected chi connectivity index (χ2v) is 5.89. The van der Waals surface area contributed by atoms with Gasteiger partial charge in [-0.05, 0) is 12.5 Å². The fourth-order valence-corrected chi connectivity index (χ4v) is 2.97. The van der Waals surface area contributed by atoms with E-state index in [-0.39, 0.29) is 0 Å². The van der Waals surface area contributed by atoms with Crippen molar-refractivity contribution in [3.8, 4) is 5.75 Å². The third-order valence-electron chi connectivity index (χ3n) is 4.18. The topological polar surface area (TPSA) is 55.3 Å². The molecule has 1 aliphatic rings. The van der Waals surface area contributed by atoms with E-state index in [1.165, 1.54) is 0 Å². The van der Waals surface area contributed by atoms with Crippen molar-refractivity contribution in [2.45, 2.75) is 13.0 Å². The Labute approximate surface area is 144 Å². The molecule has 1 unspecified atom stereocenters. The Morgan fingerprint density at radius 3 is 2.92 bits per heavy atom. The van der Waals surface area contributed by atoms with Crippen LogP contribution in [0.4, 0.5) is 0 Å². The van der Waals surface area contributed by atoms with Gasteiger partial charge in [0.05, 0.1) is 26.9 Å². The fourth-order valence-electron chi connectivity index (χ4n) is 2.97. The molecule has 6 heteroatoms. The summed E-state index contributed by atoms with van der Waals surface area (Å²) in [5.74, 6) is 2.40. The highest BCUT2D eigenvalue weighted by atomic mass is 16.5. The predicted molar refractivity (Wildman–Crippen MR) is 95.6 cm³/mol. The number of aliphatic imine (C=N–C) groups is 1. The molecule has 0 aliphatic carbocycles. The lowest BCUT2D eigenvalue weighted by molar-refractivity contribution is 0.123. The van der Waals surface area contributed by atoms with E-state index in [1.54, 1.807) is 14.2 Å². The third kappa shape index (κ3) is 5.39. The molecule has 24 heavy (non-hydrogen) atoms. The second kappa shape index (κ2) is 10.2. The lowest BCUT2D eigenvalue weighted by Crippen LogP contribution is -2.41.